The predicted octanol–water partition coefficient (Wildman–Crippen LogP) is 2.67. The van der Waals surface area contributed by atoms with Gasteiger partial charge < -0.3 is 10.0 Å². The van der Waals surface area contributed by atoms with Crippen molar-refractivity contribution < 1.29 is 14.7 Å². The van der Waals surface area contributed by atoms with Crippen LogP contribution in [0.25, 0.3) is 0 Å². The number of nitrogens with zero attached hydrogens (tertiary/aromatic N) is 1. The molecule has 108 valence electrons. The van der Waals surface area contributed by atoms with Gasteiger partial charge in [0, 0.05) is 19.0 Å². The van der Waals surface area contributed by atoms with Gasteiger partial charge in [0.05, 0.1) is 5.92 Å². The van der Waals surface area contributed by atoms with Crippen molar-refractivity contribution in [1.82, 2.24) is 4.90 Å². The number of carbonyl (C=O) groups excluding carboxylic acids is 1. The van der Waals surface area contributed by atoms with Gasteiger partial charge in [0.1, 0.15) is 0 Å². The predicted molar refractivity (Wildman–Crippen MR) is 72.7 cm³/mol. The molecule has 0 spiro atoms. The zero-order chi connectivity index (χ0) is 13.7. The Kier molecular flexibility index (Phi) is 5.23. The van der Waals surface area contributed by atoms with Crippen molar-refractivity contribution in [3.8, 4) is 0 Å². The van der Waals surface area contributed by atoms with Crippen molar-refractivity contribution in [2.24, 2.45) is 11.8 Å². The van der Waals surface area contributed by atoms with Crippen LogP contribution in [-0.4, -0.2) is 35.0 Å². The first-order valence-corrected chi connectivity index (χ1v) is 7.70. The molecule has 0 bridgehead atoms. The molecule has 2 aliphatic rings. The fourth-order valence-corrected chi connectivity index (χ4v) is 3.31. The lowest BCUT2D eigenvalue weighted by Gasteiger charge is -2.32. The largest absolute Gasteiger partial charge is 0.481 e. The van der Waals surface area contributed by atoms with Gasteiger partial charge in [-0.15, -0.1) is 0 Å². The molecule has 1 aliphatic heterocycles. The summed E-state index contributed by atoms with van der Waals surface area (Å²) in [5, 5.41) is 8.98. The lowest BCUT2D eigenvalue weighted by Crippen LogP contribution is -2.40. The Labute approximate surface area is 115 Å². The molecule has 1 aliphatic carbocycles. The molecule has 0 aromatic rings. The second-order valence-electron chi connectivity index (χ2n) is 5.98. The average Bonchev–Trinajstić information content (AvgIpc) is 2.38. The first-order valence-electron chi connectivity index (χ1n) is 7.70. The smallest absolute Gasteiger partial charge is 0.306 e. The van der Waals surface area contributed by atoms with Crippen LogP contribution >= 0.6 is 0 Å². The maximum Gasteiger partial charge on any atom is 0.306 e. The highest BCUT2D eigenvalue weighted by Crippen LogP contribution is 2.30. The zero-order valence-electron chi connectivity index (χ0n) is 11.6. The lowest BCUT2D eigenvalue weighted by molar-refractivity contribution is -0.145. The minimum Gasteiger partial charge on any atom is -0.481 e. The summed E-state index contributed by atoms with van der Waals surface area (Å²) in [5.74, 6) is -0.561. The van der Waals surface area contributed by atoms with Crippen LogP contribution in [-0.2, 0) is 9.59 Å². The Balaban J connectivity index is 1.84. The van der Waals surface area contributed by atoms with Gasteiger partial charge in [-0.2, -0.15) is 0 Å². The number of rotatable bonds is 2. The van der Waals surface area contributed by atoms with E-state index in [0.717, 1.165) is 38.8 Å². The topological polar surface area (TPSA) is 57.6 Å². The molecule has 0 aromatic carbocycles. The molecule has 2 rings (SSSR count). The first kappa shape index (κ1) is 14.4. The monoisotopic (exact) mass is 267 g/mol. The van der Waals surface area contributed by atoms with E-state index in [0.29, 0.717) is 12.8 Å². The van der Waals surface area contributed by atoms with Crippen molar-refractivity contribution in [1.29, 1.82) is 0 Å². The standard InChI is InChI=1S/C15H25NO3/c17-14(16-10-4-2-1-3-5-11-16)12-6-8-13(9-7-12)15(18)19/h12-13H,1-11H2,(H,18,19). The van der Waals surface area contributed by atoms with Gasteiger partial charge in [-0.1, -0.05) is 19.3 Å². The maximum atomic E-state index is 12.5. The van der Waals surface area contributed by atoms with E-state index < -0.39 is 5.97 Å². The third-order valence-electron chi connectivity index (χ3n) is 4.59. The molecule has 1 saturated carbocycles. The van der Waals surface area contributed by atoms with Crippen molar-refractivity contribution in [3.63, 3.8) is 0 Å². The van der Waals surface area contributed by atoms with E-state index in [2.05, 4.69) is 0 Å². The summed E-state index contributed by atoms with van der Waals surface area (Å²) in [6.07, 6.45) is 8.85. The number of hydrogen-bond acceptors (Lipinski definition) is 2. The molecule has 0 unspecified atom stereocenters. The average molecular weight is 267 g/mol. The summed E-state index contributed by atoms with van der Waals surface area (Å²) >= 11 is 0. The third kappa shape index (κ3) is 3.95. The number of carbonyl (C=O) groups is 2. The Morgan fingerprint density at radius 3 is 1.79 bits per heavy atom. The van der Waals surface area contributed by atoms with E-state index >= 15 is 0 Å². The maximum absolute atomic E-state index is 12.5. The number of aliphatic carboxylic acids is 1. The molecule has 0 atom stereocenters. The molecular formula is C15H25NO3. The zero-order valence-corrected chi connectivity index (χ0v) is 11.6. The Bertz CT molecular complexity index is 313. The van der Waals surface area contributed by atoms with Crippen LogP contribution in [0.2, 0.25) is 0 Å². The van der Waals surface area contributed by atoms with Crippen LogP contribution in [0.1, 0.15) is 57.8 Å². The van der Waals surface area contributed by atoms with Gasteiger partial charge in [-0.3, -0.25) is 9.59 Å². The number of carboxylic acid groups (broad SMARTS) is 1. The van der Waals surface area contributed by atoms with E-state index in [1.165, 1.54) is 19.3 Å². The van der Waals surface area contributed by atoms with Crippen LogP contribution in [0.15, 0.2) is 0 Å². The van der Waals surface area contributed by atoms with Crippen LogP contribution in [0.5, 0.6) is 0 Å². The molecule has 4 nitrogen and oxygen atoms in total. The van der Waals surface area contributed by atoms with Crippen molar-refractivity contribution >= 4 is 11.9 Å². The molecule has 4 heteroatoms. The van der Waals surface area contributed by atoms with E-state index in [-0.39, 0.29) is 17.7 Å². The second kappa shape index (κ2) is 6.92. The van der Waals surface area contributed by atoms with E-state index in [4.69, 9.17) is 5.11 Å². The summed E-state index contributed by atoms with van der Waals surface area (Å²) < 4.78 is 0. The third-order valence-corrected chi connectivity index (χ3v) is 4.59. The highest BCUT2D eigenvalue weighted by atomic mass is 16.4. The van der Waals surface area contributed by atoms with Crippen LogP contribution < -0.4 is 0 Å². The number of carboxylic acids is 1. The minimum atomic E-state index is -0.697. The van der Waals surface area contributed by atoms with Crippen molar-refractivity contribution in [2.45, 2.75) is 57.8 Å². The molecule has 19 heavy (non-hydrogen) atoms. The molecule has 0 radical (unpaired) electrons. The highest BCUT2D eigenvalue weighted by molar-refractivity contribution is 5.79. The Morgan fingerprint density at radius 2 is 1.26 bits per heavy atom. The summed E-state index contributed by atoms with van der Waals surface area (Å²) in [5.41, 5.74) is 0. The van der Waals surface area contributed by atoms with E-state index in [1.807, 2.05) is 4.90 Å². The van der Waals surface area contributed by atoms with Gasteiger partial charge in [0.2, 0.25) is 5.91 Å². The fraction of sp³-hybridized carbons (Fsp3) is 0.867. The summed E-state index contributed by atoms with van der Waals surface area (Å²) in [7, 11) is 0. The molecule has 0 aromatic heterocycles. The minimum absolute atomic E-state index is 0.0787. The van der Waals surface area contributed by atoms with Crippen molar-refractivity contribution in [2.75, 3.05) is 13.1 Å². The molecule has 1 heterocycles. The number of likely N-dealkylation sites (tertiary alicyclic amines) is 1. The number of amides is 1. The lowest BCUT2D eigenvalue weighted by atomic mass is 9.81. The SMILES string of the molecule is O=C(O)C1CCC(C(=O)N2CCCCCCC2)CC1. The van der Waals surface area contributed by atoms with E-state index in [1.54, 1.807) is 0 Å². The molecular weight excluding hydrogens is 242 g/mol. The molecule has 2 fully saturated rings. The normalized spacial score (nSPS) is 29.4. The first-order chi connectivity index (χ1) is 9.18. The highest BCUT2D eigenvalue weighted by Gasteiger charge is 2.31. The summed E-state index contributed by atoms with van der Waals surface area (Å²) in [6.45, 7) is 1.80. The quantitative estimate of drug-likeness (QED) is 0.836. The van der Waals surface area contributed by atoms with Gasteiger partial charge >= 0.3 is 5.97 Å². The Morgan fingerprint density at radius 1 is 0.789 bits per heavy atom. The fourth-order valence-electron chi connectivity index (χ4n) is 3.31. The van der Waals surface area contributed by atoms with Gasteiger partial charge in [0.25, 0.3) is 0 Å². The molecule has 1 N–H and O–H groups in total. The van der Waals surface area contributed by atoms with Crippen LogP contribution in [0, 0.1) is 11.8 Å². The summed E-state index contributed by atoms with van der Waals surface area (Å²) in [4.78, 5) is 25.4. The van der Waals surface area contributed by atoms with Crippen LogP contribution in [0.3, 0.4) is 0 Å². The van der Waals surface area contributed by atoms with Gasteiger partial charge in [-0.25, -0.2) is 0 Å². The number of hydrogen-bond donors (Lipinski definition) is 1. The van der Waals surface area contributed by atoms with E-state index in [9.17, 15) is 9.59 Å². The Hall–Kier alpha value is -1.06. The van der Waals surface area contributed by atoms with Gasteiger partial charge in [0.15, 0.2) is 0 Å². The molecule has 1 saturated heterocycles. The van der Waals surface area contributed by atoms with Crippen LogP contribution in [0.4, 0.5) is 0 Å². The molecule has 1 amide bonds. The summed E-state index contributed by atoms with van der Waals surface area (Å²) in [6, 6.07) is 0. The van der Waals surface area contributed by atoms with Gasteiger partial charge in [-0.05, 0) is 38.5 Å². The second-order valence-corrected chi connectivity index (χ2v) is 5.98. The van der Waals surface area contributed by atoms with Crippen molar-refractivity contribution in [3.05, 3.63) is 0 Å².